The number of fused-ring (bicyclic) bond motifs is 3. The third-order valence-corrected chi connectivity index (χ3v) is 5.40. The average Bonchev–Trinajstić information content (AvgIpc) is 3.06. The van der Waals surface area contributed by atoms with Crippen LogP contribution in [-0.4, -0.2) is 27.8 Å². The molecule has 0 saturated heterocycles. The van der Waals surface area contributed by atoms with Gasteiger partial charge in [0.1, 0.15) is 6.54 Å². The highest BCUT2D eigenvalue weighted by molar-refractivity contribution is 6.08. The number of hydrogen-bond donors (Lipinski definition) is 1. The fourth-order valence-electron chi connectivity index (χ4n) is 3.96. The Morgan fingerprint density at radius 1 is 0.867 bits per heavy atom. The van der Waals surface area contributed by atoms with Gasteiger partial charge in [-0.3, -0.25) is 9.59 Å². The zero-order valence-electron chi connectivity index (χ0n) is 17.3. The predicted molar refractivity (Wildman–Crippen MR) is 121 cm³/mol. The Kier molecular flexibility index (Phi) is 5.53. The van der Waals surface area contributed by atoms with Crippen molar-refractivity contribution in [3.63, 3.8) is 0 Å². The Bertz CT molecular complexity index is 1170. The van der Waals surface area contributed by atoms with Crippen molar-refractivity contribution in [3.05, 3.63) is 78.4 Å². The van der Waals surface area contributed by atoms with E-state index in [2.05, 4.69) is 34.1 Å². The van der Waals surface area contributed by atoms with E-state index in [1.54, 1.807) is 0 Å². The lowest BCUT2D eigenvalue weighted by molar-refractivity contribution is -0.132. The third kappa shape index (κ3) is 3.79. The van der Waals surface area contributed by atoms with Crippen molar-refractivity contribution in [2.75, 3.05) is 11.9 Å². The molecule has 0 radical (unpaired) electrons. The minimum absolute atomic E-state index is 0.0432. The molecule has 0 aliphatic rings. The van der Waals surface area contributed by atoms with E-state index < -0.39 is 0 Å². The number of benzene rings is 3. The number of anilines is 1. The van der Waals surface area contributed by atoms with E-state index in [4.69, 9.17) is 0 Å². The molecule has 3 aromatic carbocycles. The first-order valence-corrected chi connectivity index (χ1v) is 10.2. The smallest absolute Gasteiger partial charge is 0.242 e. The first-order chi connectivity index (χ1) is 14.6. The number of nitrogens with one attached hydrogen (secondary N) is 1. The molecule has 1 N–H and O–H groups in total. The van der Waals surface area contributed by atoms with Crippen LogP contribution in [0.3, 0.4) is 0 Å². The van der Waals surface area contributed by atoms with Crippen molar-refractivity contribution in [1.82, 2.24) is 9.47 Å². The van der Waals surface area contributed by atoms with Crippen molar-refractivity contribution in [1.29, 1.82) is 0 Å². The Hall–Kier alpha value is -3.60. The summed E-state index contributed by atoms with van der Waals surface area (Å²) in [6.07, 6.45) is 0. The fourth-order valence-corrected chi connectivity index (χ4v) is 3.96. The highest BCUT2D eigenvalue weighted by Gasteiger charge is 2.18. The van der Waals surface area contributed by atoms with E-state index in [1.807, 2.05) is 60.4 Å². The Morgan fingerprint density at radius 2 is 1.43 bits per heavy atom. The second kappa shape index (κ2) is 8.41. The Morgan fingerprint density at radius 3 is 2.03 bits per heavy atom. The molecule has 1 heterocycles. The highest BCUT2D eigenvalue weighted by Crippen LogP contribution is 2.29. The third-order valence-electron chi connectivity index (χ3n) is 5.40. The van der Waals surface area contributed by atoms with Crippen LogP contribution in [0.2, 0.25) is 0 Å². The summed E-state index contributed by atoms with van der Waals surface area (Å²) < 4.78 is 2.09. The van der Waals surface area contributed by atoms with Gasteiger partial charge in [0.05, 0.1) is 0 Å². The van der Waals surface area contributed by atoms with Crippen LogP contribution in [0.4, 0.5) is 5.69 Å². The molecule has 0 atom stereocenters. The largest absolute Gasteiger partial charge is 0.337 e. The molecule has 2 amide bonds. The molecular formula is C25H25N3O2. The summed E-state index contributed by atoms with van der Waals surface area (Å²) in [4.78, 5) is 26.6. The molecular weight excluding hydrogens is 374 g/mol. The topological polar surface area (TPSA) is 54.3 Å². The molecule has 0 aliphatic carbocycles. The second-order valence-electron chi connectivity index (χ2n) is 7.37. The van der Waals surface area contributed by atoms with Crippen LogP contribution < -0.4 is 5.32 Å². The molecule has 0 bridgehead atoms. The normalized spacial score (nSPS) is 11.0. The fraction of sp³-hybridized carbons (Fsp3) is 0.200. The summed E-state index contributed by atoms with van der Waals surface area (Å²) >= 11 is 0. The van der Waals surface area contributed by atoms with E-state index in [0.717, 1.165) is 33.1 Å². The zero-order chi connectivity index (χ0) is 21.1. The monoisotopic (exact) mass is 399 g/mol. The van der Waals surface area contributed by atoms with E-state index in [0.29, 0.717) is 13.1 Å². The van der Waals surface area contributed by atoms with Gasteiger partial charge in [-0.1, -0.05) is 54.6 Å². The van der Waals surface area contributed by atoms with Gasteiger partial charge in [-0.2, -0.15) is 0 Å². The van der Waals surface area contributed by atoms with E-state index in [9.17, 15) is 9.59 Å². The van der Waals surface area contributed by atoms with E-state index in [-0.39, 0.29) is 18.4 Å². The second-order valence-corrected chi connectivity index (χ2v) is 7.37. The van der Waals surface area contributed by atoms with Crippen molar-refractivity contribution in [3.8, 4) is 0 Å². The summed E-state index contributed by atoms with van der Waals surface area (Å²) in [6, 6.07) is 24.0. The first-order valence-electron chi connectivity index (χ1n) is 10.2. The number of aromatic nitrogens is 1. The maximum Gasteiger partial charge on any atom is 0.242 e. The molecule has 4 aromatic rings. The molecule has 0 spiro atoms. The van der Waals surface area contributed by atoms with Crippen molar-refractivity contribution >= 4 is 39.3 Å². The van der Waals surface area contributed by atoms with Crippen LogP contribution in [0.15, 0.2) is 72.8 Å². The van der Waals surface area contributed by atoms with Gasteiger partial charge in [0.15, 0.2) is 0 Å². The van der Waals surface area contributed by atoms with Crippen molar-refractivity contribution in [2.24, 2.45) is 0 Å². The van der Waals surface area contributed by atoms with Gasteiger partial charge in [-0.15, -0.1) is 0 Å². The number of carbonyl (C=O) groups is 2. The van der Waals surface area contributed by atoms with Crippen LogP contribution in [0, 0.1) is 0 Å². The quantitative estimate of drug-likeness (QED) is 0.506. The van der Waals surface area contributed by atoms with Gasteiger partial charge in [-0.05, 0) is 30.7 Å². The lowest BCUT2D eigenvalue weighted by Gasteiger charge is -2.23. The van der Waals surface area contributed by atoms with Crippen LogP contribution in [0.5, 0.6) is 0 Å². The SMILES string of the molecule is CCN(Cc1ccccc1NC(C)=O)C(=O)Cn1c2ccccc2c2ccccc21. The molecule has 0 aliphatic heterocycles. The van der Waals surface area contributed by atoms with Gasteiger partial charge in [0.2, 0.25) is 11.8 Å². The van der Waals surface area contributed by atoms with Crippen LogP contribution >= 0.6 is 0 Å². The molecule has 0 saturated carbocycles. The predicted octanol–water partition coefficient (Wildman–Crippen LogP) is 4.80. The molecule has 1 aromatic heterocycles. The van der Waals surface area contributed by atoms with Crippen LogP contribution in [-0.2, 0) is 22.7 Å². The summed E-state index contributed by atoms with van der Waals surface area (Å²) in [6.45, 7) is 4.77. The molecule has 152 valence electrons. The number of amides is 2. The molecule has 5 nitrogen and oxygen atoms in total. The maximum atomic E-state index is 13.3. The summed E-state index contributed by atoms with van der Waals surface area (Å²) in [5.41, 5.74) is 3.78. The average molecular weight is 399 g/mol. The van der Waals surface area contributed by atoms with Gasteiger partial charge < -0.3 is 14.8 Å². The lowest BCUT2D eigenvalue weighted by Crippen LogP contribution is -2.33. The summed E-state index contributed by atoms with van der Waals surface area (Å²) in [5.74, 6) is -0.0799. The number of rotatable bonds is 6. The Balaban J connectivity index is 1.64. The van der Waals surface area contributed by atoms with Gasteiger partial charge in [-0.25, -0.2) is 0 Å². The standard InChI is InChI=1S/C25H25N3O2/c1-3-27(16-19-10-4-7-13-22(19)26-18(2)29)25(30)17-28-23-14-8-5-11-20(23)21-12-6-9-15-24(21)28/h4-15H,3,16-17H2,1-2H3,(H,26,29). The zero-order valence-corrected chi connectivity index (χ0v) is 17.3. The summed E-state index contributed by atoms with van der Waals surface area (Å²) in [7, 11) is 0. The number of likely N-dealkylation sites (N-methyl/N-ethyl adjacent to an activating group) is 1. The Labute approximate surface area is 175 Å². The van der Waals surface area contributed by atoms with Crippen molar-refractivity contribution in [2.45, 2.75) is 26.9 Å². The molecule has 4 rings (SSSR count). The van der Waals surface area contributed by atoms with Crippen molar-refractivity contribution < 1.29 is 9.59 Å². The maximum absolute atomic E-state index is 13.3. The van der Waals surface area contributed by atoms with E-state index in [1.165, 1.54) is 6.92 Å². The first kappa shape index (κ1) is 19.7. The molecule has 30 heavy (non-hydrogen) atoms. The van der Waals surface area contributed by atoms with Gasteiger partial charge in [0.25, 0.3) is 0 Å². The number of carbonyl (C=O) groups excluding carboxylic acids is 2. The minimum atomic E-state index is -0.123. The summed E-state index contributed by atoms with van der Waals surface area (Å²) in [5, 5.41) is 5.16. The van der Waals surface area contributed by atoms with E-state index >= 15 is 0 Å². The molecule has 5 heteroatoms. The molecule has 0 fully saturated rings. The minimum Gasteiger partial charge on any atom is -0.337 e. The molecule has 0 unspecified atom stereocenters. The van der Waals surface area contributed by atoms with Gasteiger partial charge in [0, 0.05) is 47.5 Å². The van der Waals surface area contributed by atoms with Gasteiger partial charge >= 0.3 is 0 Å². The highest BCUT2D eigenvalue weighted by atomic mass is 16.2. The van der Waals surface area contributed by atoms with Crippen LogP contribution in [0.1, 0.15) is 19.4 Å². The number of para-hydroxylation sites is 3. The lowest BCUT2D eigenvalue weighted by atomic mass is 10.1. The number of hydrogen-bond acceptors (Lipinski definition) is 2. The number of nitrogens with zero attached hydrogens (tertiary/aromatic N) is 2. The van der Waals surface area contributed by atoms with Crippen LogP contribution in [0.25, 0.3) is 21.8 Å².